The zero-order chi connectivity index (χ0) is 21.5. The van der Waals surface area contributed by atoms with E-state index in [2.05, 4.69) is 16.0 Å². The van der Waals surface area contributed by atoms with Crippen LogP contribution in [-0.4, -0.2) is 24.3 Å². The first-order chi connectivity index (χ1) is 14.4. The minimum atomic E-state index is -0.633. The summed E-state index contributed by atoms with van der Waals surface area (Å²) in [6.07, 6.45) is 0. The van der Waals surface area contributed by atoms with Crippen molar-refractivity contribution in [2.24, 2.45) is 0 Å². The third-order valence-electron chi connectivity index (χ3n) is 4.33. The lowest BCUT2D eigenvalue weighted by molar-refractivity contribution is -0.115. The predicted octanol–water partition coefficient (Wildman–Crippen LogP) is 3.75. The second-order valence-corrected chi connectivity index (χ2v) is 6.56. The number of rotatable bonds is 6. The Morgan fingerprint density at radius 2 is 1.53 bits per heavy atom. The molecule has 0 saturated heterocycles. The molecule has 0 fully saturated rings. The van der Waals surface area contributed by atoms with E-state index in [9.17, 15) is 18.8 Å². The Morgan fingerprint density at radius 1 is 0.833 bits per heavy atom. The molecule has 6 nitrogen and oxygen atoms in total. The normalized spacial score (nSPS) is 10.2. The van der Waals surface area contributed by atoms with Crippen LogP contribution in [0.1, 0.15) is 26.3 Å². The number of halogens is 1. The van der Waals surface area contributed by atoms with E-state index in [0.717, 1.165) is 0 Å². The van der Waals surface area contributed by atoms with E-state index in [1.165, 1.54) is 24.3 Å². The highest BCUT2D eigenvalue weighted by molar-refractivity contribution is 6.06. The molecule has 3 rings (SSSR count). The van der Waals surface area contributed by atoms with Gasteiger partial charge in [0.2, 0.25) is 5.91 Å². The molecule has 3 N–H and O–H groups in total. The van der Waals surface area contributed by atoms with Gasteiger partial charge in [0.25, 0.3) is 11.8 Å². The number of nitrogens with one attached hydrogen (secondary N) is 3. The minimum absolute atomic E-state index is 0.0932. The van der Waals surface area contributed by atoms with Crippen molar-refractivity contribution < 1.29 is 18.8 Å². The van der Waals surface area contributed by atoms with Crippen LogP contribution in [0, 0.1) is 12.7 Å². The lowest BCUT2D eigenvalue weighted by atomic mass is 10.1. The number of aryl methyl sites for hydroxylation is 1. The van der Waals surface area contributed by atoms with E-state index in [4.69, 9.17) is 0 Å². The van der Waals surface area contributed by atoms with Crippen LogP contribution in [-0.2, 0) is 4.79 Å². The van der Waals surface area contributed by atoms with Gasteiger partial charge in [0.15, 0.2) is 0 Å². The van der Waals surface area contributed by atoms with Crippen molar-refractivity contribution in [3.8, 4) is 0 Å². The van der Waals surface area contributed by atoms with Crippen LogP contribution in [0.2, 0.25) is 0 Å². The second kappa shape index (κ2) is 9.47. The molecule has 0 aliphatic carbocycles. The number of amides is 3. The van der Waals surface area contributed by atoms with E-state index >= 15 is 0 Å². The SMILES string of the molecule is Cc1ccc(C(=O)NCC(=O)Nc2ccccc2)cc1NC(=O)c1ccccc1F. The van der Waals surface area contributed by atoms with E-state index in [0.29, 0.717) is 16.9 Å². The Bertz CT molecular complexity index is 1080. The first-order valence-electron chi connectivity index (χ1n) is 9.23. The highest BCUT2D eigenvalue weighted by Crippen LogP contribution is 2.19. The molecule has 0 atom stereocenters. The van der Waals surface area contributed by atoms with Gasteiger partial charge in [-0.2, -0.15) is 0 Å². The first-order valence-corrected chi connectivity index (χ1v) is 9.23. The second-order valence-electron chi connectivity index (χ2n) is 6.56. The molecule has 0 spiro atoms. The summed E-state index contributed by atoms with van der Waals surface area (Å²) in [7, 11) is 0. The Hall–Kier alpha value is -4.00. The van der Waals surface area contributed by atoms with E-state index < -0.39 is 17.6 Å². The molecule has 0 unspecified atom stereocenters. The minimum Gasteiger partial charge on any atom is -0.343 e. The number of hydrogen-bond acceptors (Lipinski definition) is 3. The number of hydrogen-bond donors (Lipinski definition) is 3. The standard InChI is InChI=1S/C23H20FN3O3/c1-15-11-12-16(13-20(15)27-23(30)18-9-5-6-10-19(18)24)22(29)25-14-21(28)26-17-7-3-2-4-8-17/h2-13H,14H2,1H3,(H,25,29)(H,26,28)(H,27,30). The fourth-order valence-corrected chi connectivity index (χ4v) is 2.72. The Morgan fingerprint density at radius 3 is 2.27 bits per heavy atom. The summed E-state index contributed by atoms with van der Waals surface area (Å²) in [4.78, 5) is 36.7. The van der Waals surface area contributed by atoms with Crippen LogP contribution < -0.4 is 16.0 Å². The van der Waals surface area contributed by atoms with Crippen molar-refractivity contribution in [2.45, 2.75) is 6.92 Å². The average molecular weight is 405 g/mol. The van der Waals surface area contributed by atoms with Crippen molar-refractivity contribution in [3.05, 3.63) is 95.3 Å². The molecular formula is C23H20FN3O3. The van der Waals surface area contributed by atoms with E-state index in [-0.39, 0.29) is 23.6 Å². The van der Waals surface area contributed by atoms with Crippen LogP contribution in [0.25, 0.3) is 0 Å². The van der Waals surface area contributed by atoms with E-state index in [1.807, 2.05) is 6.07 Å². The summed E-state index contributed by atoms with van der Waals surface area (Å²) in [5.74, 6) is -2.09. The van der Waals surface area contributed by atoms with Gasteiger partial charge in [-0.1, -0.05) is 36.4 Å². The zero-order valence-corrected chi connectivity index (χ0v) is 16.2. The molecule has 3 aromatic carbocycles. The molecule has 0 aromatic heterocycles. The molecule has 3 amide bonds. The molecule has 0 heterocycles. The van der Waals surface area contributed by atoms with Crippen molar-refractivity contribution in [1.82, 2.24) is 5.32 Å². The van der Waals surface area contributed by atoms with Gasteiger partial charge in [-0.25, -0.2) is 4.39 Å². The summed E-state index contributed by atoms with van der Waals surface area (Å²) in [6, 6.07) is 19.3. The first kappa shape index (κ1) is 20.7. The van der Waals surface area contributed by atoms with Crippen molar-refractivity contribution >= 4 is 29.1 Å². The topological polar surface area (TPSA) is 87.3 Å². The van der Waals surface area contributed by atoms with Gasteiger partial charge in [-0.3, -0.25) is 14.4 Å². The molecule has 0 aliphatic rings. The maximum Gasteiger partial charge on any atom is 0.258 e. The summed E-state index contributed by atoms with van der Waals surface area (Å²) in [5, 5.41) is 7.83. The van der Waals surface area contributed by atoms with Gasteiger partial charge in [-0.05, 0) is 48.9 Å². The molecule has 152 valence electrons. The highest BCUT2D eigenvalue weighted by atomic mass is 19.1. The van der Waals surface area contributed by atoms with Gasteiger partial charge in [-0.15, -0.1) is 0 Å². The molecular weight excluding hydrogens is 385 g/mol. The summed E-state index contributed by atoms with van der Waals surface area (Å²) in [6.45, 7) is 1.55. The van der Waals surface area contributed by atoms with E-state index in [1.54, 1.807) is 49.4 Å². The van der Waals surface area contributed by atoms with Crippen molar-refractivity contribution in [2.75, 3.05) is 17.2 Å². The summed E-state index contributed by atoms with van der Waals surface area (Å²) >= 11 is 0. The third-order valence-corrected chi connectivity index (χ3v) is 4.33. The predicted molar refractivity (Wildman–Crippen MR) is 113 cm³/mol. The Kier molecular flexibility index (Phi) is 6.54. The number of carbonyl (C=O) groups excluding carboxylic acids is 3. The fourth-order valence-electron chi connectivity index (χ4n) is 2.72. The summed E-state index contributed by atoms with van der Waals surface area (Å²) in [5.41, 5.74) is 1.88. The monoisotopic (exact) mass is 405 g/mol. The van der Waals surface area contributed by atoms with Crippen LogP contribution >= 0.6 is 0 Å². The van der Waals surface area contributed by atoms with Gasteiger partial charge in [0, 0.05) is 16.9 Å². The lowest BCUT2D eigenvalue weighted by Gasteiger charge is -2.12. The average Bonchev–Trinajstić information content (AvgIpc) is 2.74. The summed E-state index contributed by atoms with van der Waals surface area (Å²) < 4.78 is 13.8. The molecule has 3 aromatic rings. The molecule has 0 aliphatic heterocycles. The quantitative estimate of drug-likeness (QED) is 0.584. The Balaban J connectivity index is 1.64. The maximum absolute atomic E-state index is 13.8. The number of para-hydroxylation sites is 1. The van der Waals surface area contributed by atoms with Gasteiger partial charge < -0.3 is 16.0 Å². The fraction of sp³-hybridized carbons (Fsp3) is 0.0870. The van der Waals surface area contributed by atoms with Crippen molar-refractivity contribution in [3.63, 3.8) is 0 Å². The van der Waals surface area contributed by atoms with Gasteiger partial charge >= 0.3 is 0 Å². The van der Waals surface area contributed by atoms with Gasteiger partial charge in [0.05, 0.1) is 12.1 Å². The van der Waals surface area contributed by atoms with Crippen molar-refractivity contribution in [1.29, 1.82) is 0 Å². The van der Waals surface area contributed by atoms with Gasteiger partial charge in [0.1, 0.15) is 5.82 Å². The maximum atomic E-state index is 13.8. The lowest BCUT2D eigenvalue weighted by Crippen LogP contribution is -2.32. The Labute approximate surface area is 173 Å². The molecule has 30 heavy (non-hydrogen) atoms. The smallest absolute Gasteiger partial charge is 0.258 e. The van der Waals surface area contributed by atoms with Crippen LogP contribution in [0.15, 0.2) is 72.8 Å². The number of carbonyl (C=O) groups is 3. The molecule has 7 heteroatoms. The van der Waals surface area contributed by atoms with Crippen LogP contribution in [0.5, 0.6) is 0 Å². The van der Waals surface area contributed by atoms with Crippen LogP contribution in [0.3, 0.4) is 0 Å². The highest BCUT2D eigenvalue weighted by Gasteiger charge is 2.14. The number of benzene rings is 3. The number of anilines is 2. The molecule has 0 saturated carbocycles. The third kappa shape index (κ3) is 5.29. The molecule has 0 radical (unpaired) electrons. The van der Waals surface area contributed by atoms with Crippen LogP contribution in [0.4, 0.5) is 15.8 Å². The largest absolute Gasteiger partial charge is 0.343 e. The molecule has 0 bridgehead atoms. The zero-order valence-electron chi connectivity index (χ0n) is 16.2.